The van der Waals surface area contributed by atoms with Gasteiger partial charge in [-0.25, -0.2) is 14.8 Å². The van der Waals surface area contributed by atoms with E-state index in [9.17, 15) is 9.90 Å². The van der Waals surface area contributed by atoms with Crippen molar-refractivity contribution in [1.29, 1.82) is 0 Å². The molecule has 1 aromatic heterocycles. The second kappa shape index (κ2) is 15.4. The molecule has 45 heavy (non-hydrogen) atoms. The van der Waals surface area contributed by atoms with Crippen molar-refractivity contribution in [3.05, 3.63) is 52.0 Å². The SMILES string of the molecule is CCCCCCCCCCCCSc1nc(N2C[C@@H]3C[C@H]2CN3C(=O)O)c2cc(C3CC3)c(Br)c(OCc3ccccc3)c2n1. The number of piperazine rings is 1. The highest BCUT2D eigenvalue weighted by molar-refractivity contribution is 9.10. The molecule has 1 aliphatic carbocycles. The average Bonchev–Trinajstić information content (AvgIpc) is 3.69. The van der Waals surface area contributed by atoms with E-state index in [1.165, 1.54) is 76.2 Å². The number of hydrogen-bond acceptors (Lipinski definition) is 6. The zero-order valence-electron chi connectivity index (χ0n) is 26.6. The van der Waals surface area contributed by atoms with Crippen LogP contribution in [0.25, 0.3) is 10.9 Å². The number of ether oxygens (including phenoxy) is 1. The smallest absolute Gasteiger partial charge is 0.407 e. The van der Waals surface area contributed by atoms with Crippen LogP contribution in [-0.4, -0.2) is 57.0 Å². The first-order valence-corrected chi connectivity index (χ1v) is 18.9. The number of likely N-dealkylation sites (tertiary alicyclic amines) is 1. The van der Waals surface area contributed by atoms with Gasteiger partial charge in [0.25, 0.3) is 0 Å². The molecule has 3 aromatic rings. The number of benzene rings is 2. The van der Waals surface area contributed by atoms with Gasteiger partial charge in [-0.3, -0.25) is 0 Å². The third kappa shape index (κ3) is 7.90. The third-order valence-corrected chi connectivity index (χ3v) is 11.4. The number of fused-ring (bicyclic) bond motifs is 3. The molecule has 2 aliphatic heterocycles. The summed E-state index contributed by atoms with van der Waals surface area (Å²) in [6.07, 6.45) is 15.6. The van der Waals surface area contributed by atoms with E-state index in [2.05, 4.69) is 46.0 Å². The van der Waals surface area contributed by atoms with Gasteiger partial charge in [-0.15, -0.1) is 0 Å². The minimum absolute atomic E-state index is 0.00687. The fourth-order valence-electron chi connectivity index (χ4n) is 6.95. The number of nitrogens with zero attached hydrogens (tertiary/aromatic N) is 4. The monoisotopic (exact) mass is 694 g/mol. The maximum atomic E-state index is 11.8. The highest BCUT2D eigenvalue weighted by atomic mass is 79.9. The predicted octanol–water partition coefficient (Wildman–Crippen LogP) is 9.80. The van der Waals surface area contributed by atoms with E-state index in [4.69, 9.17) is 14.7 Å². The summed E-state index contributed by atoms with van der Waals surface area (Å²) in [4.78, 5) is 26.2. The molecule has 9 heteroatoms. The van der Waals surface area contributed by atoms with Crippen molar-refractivity contribution in [2.75, 3.05) is 23.7 Å². The van der Waals surface area contributed by atoms with Crippen LogP contribution in [0.5, 0.6) is 5.75 Å². The quantitative estimate of drug-likeness (QED) is 0.0856. The summed E-state index contributed by atoms with van der Waals surface area (Å²) in [6.45, 7) is 3.93. The van der Waals surface area contributed by atoms with Gasteiger partial charge < -0.3 is 19.6 Å². The Kier molecular flexibility index (Phi) is 11.1. The van der Waals surface area contributed by atoms with Crippen LogP contribution in [0.2, 0.25) is 0 Å². The molecule has 1 saturated carbocycles. The predicted molar refractivity (Wildman–Crippen MR) is 187 cm³/mol. The molecular weight excluding hydrogens is 648 g/mol. The number of carboxylic acid groups (broad SMARTS) is 1. The molecule has 0 unspecified atom stereocenters. The number of rotatable bonds is 17. The number of amides is 1. The molecular formula is C36H47BrN4O3S. The molecule has 2 saturated heterocycles. The Morgan fingerprint density at radius 1 is 0.978 bits per heavy atom. The van der Waals surface area contributed by atoms with Crippen molar-refractivity contribution in [3.63, 3.8) is 0 Å². The van der Waals surface area contributed by atoms with Crippen molar-refractivity contribution in [2.45, 2.75) is 120 Å². The van der Waals surface area contributed by atoms with Gasteiger partial charge in [0.15, 0.2) is 10.9 Å². The molecule has 2 bridgehead atoms. The molecule has 1 amide bonds. The summed E-state index contributed by atoms with van der Waals surface area (Å²) >= 11 is 5.68. The van der Waals surface area contributed by atoms with Crippen LogP contribution >= 0.6 is 27.7 Å². The Balaban J connectivity index is 1.22. The Bertz CT molecular complexity index is 1450. The second-order valence-electron chi connectivity index (χ2n) is 13.0. The van der Waals surface area contributed by atoms with E-state index in [1.807, 2.05) is 18.2 Å². The average molecular weight is 696 g/mol. The first kappa shape index (κ1) is 32.4. The van der Waals surface area contributed by atoms with E-state index in [0.29, 0.717) is 25.6 Å². The van der Waals surface area contributed by atoms with E-state index >= 15 is 0 Å². The minimum atomic E-state index is -0.820. The number of unbranched alkanes of at least 4 members (excludes halogenated alkanes) is 9. The van der Waals surface area contributed by atoms with Gasteiger partial charge in [-0.2, -0.15) is 0 Å². The Morgan fingerprint density at radius 3 is 2.33 bits per heavy atom. The van der Waals surface area contributed by atoms with E-state index in [-0.39, 0.29) is 12.1 Å². The van der Waals surface area contributed by atoms with Gasteiger partial charge in [0.2, 0.25) is 0 Å². The van der Waals surface area contributed by atoms with Gasteiger partial charge in [0.05, 0.1) is 16.6 Å². The van der Waals surface area contributed by atoms with Gasteiger partial charge >= 0.3 is 6.09 Å². The fraction of sp³-hybridized carbons (Fsp3) is 0.583. The largest absolute Gasteiger partial charge is 0.485 e. The van der Waals surface area contributed by atoms with Crippen LogP contribution in [0.3, 0.4) is 0 Å². The summed E-state index contributed by atoms with van der Waals surface area (Å²) in [5.74, 6) is 3.22. The van der Waals surface area contributed by atoms with Crippen molar-refractivity contribution >= 4 is 50.5 Å². The highest BCUT2D eigenvalue weighted by Crippen LogP contribution is 2.50. The van der Waals surface area contributed by atoms with Crippen LogP contribution in [0.15, 0.2) is 46.0 Å². The maximum absolute atomic E-state index is 11.8. The molecule has 3 heterocycles. The topological polar surface area (TPSA) is 78.8 Å². The molecule has 7 nitrogen and oxygen atoms in total. The summed E-state index contributed by atoms with van der Waals surface area (Å²) < 4.78 is 7.60. The van der Waals surface area contributed by atoms with E-state index < -0.39 is 6.09 Å². The number of carbonyl (C=O) groups is 1. The summed E-state index contributed by atoms with van der Waals surface area (Å²) in [5, 5.41) is 11.5. The van der Waals surface area contributed by atoms with E-state index in [1.54, 1.807) is 16.7 Å². The lowest BCUT2D eigenvalue weighted by atomic mass is 10.1. The molecule has 242 valence electrons. The van der Waals surface area contributed by atoms with Crippen molar-refractivity contribution in [2.24, 2.45) is 0 Å². The van der Waals surface area contributed by atoms with Gasteiger partial charge in [0, 0.05) is 24.2 Å². The number of anilines is 1. The van der Waals surface area contributed by atoms with E-state index in [0.717, 1.165) is 56.3 Å². The van der Waals surface area contributed by atoms with Crippen LogP contribution in [0.1, 0.15) is 107 Å². The molecule has 2 atom stereocenters. The van der Waals surface area contributed by atoms with Crippen LogP contribution < -0.4 is 9.64 Å². The zero-order valence-corrected chi connectivity index (χ0v) is 29.0. The summed E-state index contributed by atoms with van der Waals surface area (Å²) in [7, 11) is 0. The highest BCUT2D eigenvalue weighted by Gasteiger charge is 2.46. The summed E-state index contributed by atoms with van der Waals surface area (Å²) in [6, 6.07) is 12.7. The lowest BCUT2D eigenvalue weighted by molar-refractivity contribution is 0.137. The standard InChI is InChI=1S/C36H47BrN4O3S/c1-2-3-4-5-6-7-8-9-10-14-19-45-35-38-32-30(34(39-35)40-22-28-20-27(40)23-41(28)36(42)43)21-29(26-17-18-26)31(37)33(32)44-24-25-15-12-11-13-16-25/h11-13,15-16,21,26-28H,2-10,14,17-20,22-24H2,1H3,(H,42,43)/t27-,28-/m0/s1. The third-order valence-electron chi connectivity index (χ3n) is 9.60. The minimum Gasteiger partial charge on any atom is -0.485 e. The number of hydrogen-bond donors (Lipinski definition) is 1. The maximum Gasteiger partial charge on any atom is 0.407 e. The van der Waals surface area contributed by atoms with Gasteiger partial charge in [0.1, 0.15) is 17.9 Å². The molecule has 0 spiro atoms. The number of thioether (sulfide) groups is 1. The first-order chi connectivity index (χ1) is 22.0. The Morgan fingerprint density at radius 2 is 1.69 bits per heavy atom. The number of aromatic nitrogens is 2. The molecule has 1 N–H and O–H groups in total. The van der Waals surface area contributed by atoms with Crippen LogP contribution in [0.4, 0.5) is 10.6 Å². The van der Waals surface area contributed by atoms with Gasteiger partial charge in [-0.05, 0) is 64.7 Å². The van der Waals surface area contributed by atoms with Crippen molar-refractivity contribution < 1.29 is 14.6 Å². The summed E-state index contributed by atoms with van der Waals surface area (Å²) in [5.41, 5.74) is 3.22. The molecule has 6 rings (SSSR count). The molecule has 3 aliphatic rings. The van der Waals surface area contributed by atoms with Crippen LogP contribution in [-0.2, 0) is 6.61 Å². The van der Waals surface area contributed by atoms with Crippen molar-refractivity contribution in [3.8, 4) is 5.75 Å². The molecule has 3 fully saturated rings. The number of halogens is 1. The molecule has 0 radical (unpaired) electrons. The lowest BCUT2D eigenvalue weighted by Gasteiger charge is -2.34. The first-order valence-electron chi connectivity index (χ1n) is 17.1. The zero-order chi connectivity index (χ0) is 31.2. The fourth-order valence-corrected chi connectivity index (χ4v) is 8.53. The normalized spacial score (nSPS) is 19.2. The van der Waals surface area contributed by atoms with Gasteiger partial charge in [-0.1, -0.05) is 107 Å². The molecule has 2 aromatic carbocycles. The Hall–Kier alpha value is -2.52. The lowest BCUT2D eigenvalue weighted by Crippen LogP contribution is -2.48. The Labute approximate surface area is 280 Å². The van der Waals surface area contributed by atoms with Crippen molar-refractivity contribution in [1.82, 2.24) is 14.9 Å². The van der Waals surface area contributed by atoms with Crippen LogP contribution in [0, 0.1) is 0 Å². The second-order valence-corrected chi connectivity index (χ2v) is 14.9.